The molecular formula is C11H17N3O2. The average molecular weight is 223 g/mol. The van der Waals surface area contributed by atoms with Crippen molar-refractivity contribution in [2.45, 2.75) is 19.0 Å². The minimum absolute atomic E-state index is 0.0848. The lowest BCUT2D eigenvalue weighted by molar-refractivity contribution is -0.124. The van der Waals surface area contributed by atoms with E-state index in [2.05, 4.69) is 10.3 Å². The second-order valence-corrected chi connectivity index (χ2v) is 3.57. The first-order chi connectivity index (χ1) is 7.65. The minimum Gasteiger partial charge on any atom is -0.383 e. The van der Waals surface area contributed by atoms with Gasteiger partial charge in [0.2, 0.25) is 5.91 Å². The summed E-state index contributed by atoms with van der Waals surface area (Å²) in [5.74, 6) is -0.217. The van der Waals surface area contributed by atoms with Gasteiger partial charge in [-0.1, -0.05) is 0 Å². The molecule has 1 heterocycles. The Kier molecular flexibility index (Phi) is 4.88. The van der Waals surface area contributed by atoms with Crippen molar-refractivity contribution in [1.82, 2.24) is 10.3 Å². The summed E-state index contributed by atoms with van der Waals surface area (Å²) in [5, 5.41) is 2.81. The summed E-state index contributed by atoms with van der Waals surface area (Å²) in [6.07, 6.45) is 3.38. The van der Waals surface area contributed by atoms with Crippen molar-refractivity contribution >= 4 is 5.91 Å². The zero-order valence-electron chi connectivity index (χ0n) is 9.51. The van der Waals surface area contributed by atoms with Gasteiger partial charge in [-0.15, -0.1) is 0 Å². The van der Waals surface area contributed by atoms with E-state index in [0.717, 1.165) is 5.56 Å². The molecule has 0 saturated heterocycles. The SMILES string of the molecule is COCC(N)C(=O)N[C@H](C)c1ccncc1. The smallest absolute Gasteiger partial charge is 0.239 e. The number of nitrogens with one attached hydrogen (secondary N) is 1. The molecule has 3 N–H and O–H groups in total. The molecule has 0 aliphatic heterocycles. The molecule has 0 aliphatic rings. The molecule has 5 nitrogen and oxygen atoms in total. The fourth-order valence-corrected chi connectivity index (χ4v) is 1.31. The average Bonchev–Trinajstić information content (AvgIpc) is 2.30. The Bertz CT molecular complexity index is 329. The lowest BCUT2D eigenvalue weighted by Crippen LogP contribution is -2.44. The second-order valence-electron chi connectivity index (χ2n) is 3.57. The first-order valence-corrected chi connectivity index (χ1v) is 5.10. The maximum atomic E-state index is 11.6. The number of methoxy groups -OCH3 is 1. The van der Waals surface area contributed by atoms with Crippen molar-refractivity contribution in [3.8, 4) is 0 Å². The van der Waals surface area contributed by atoms with Crippen LogP contribution in [0.1, 0.15) is 18.5 Å². The van der Waals surface area contributed by atoms with Crippen molar-refractivity contribution in [3.63, 3.8) is 0 Å². The maximum absolute atomic E-state index is 11.6. The van der Waals surface area contributed by atoms with E-state index in [4.69, 9.17) is 10.5 Å². The molecule has 88 valence electrons. The monoisotopic (exact) mass is 223 g/mol. The molecule has 2 atom stereocenters. The third-order valence-electron chi connectivity index (χ3n) is 2.25. The molecule has 16 heavy (non-hydrogen) atoms. The van der Waals surface area contributed by atoms with Crippen molar-refractivity contribution in [2.75, 3.05) is 13.7 Å². The Labute approximate surface area is 95.0 Å². The van der Waals surface area contributed by atoms with Gasteiger partial charge in [-0.05, 0) is 24.6 Å². The van der Waals surface area contributed by atoms with Crippen LogP contribution in [0.5, 0.6) is 0 Å². The molecule has 1 aromatic heterocycles. The number of carbonyl (C=O) groups excluding carboxylic acids is 1. The topological polar surface area (TPSA) is 77.2 Å². The number of ether oxygens (including phenoxy) is 1. The highest BCUT2D eigenvalue weighted by molar-refractivity contribution is 5.82. The number of nitrogens with zero attached hydrogens (tertiary/aromatic N) is 1. The Balaban J connectivity index is 2.51. The van der Waals surface area contributed by atoms with Crippen LogP contribution in [0.3, 0.4) is 0 Å². The quantitative estimate of drug-likeness (QED) is 0.749. The van der Waals surface area contributed by atoms with Crippen LogP contribution >= 0.6 is 0 Å². The van der Waals surface area contributed by atoms with Crippen LogP contribution in [0.25, 0.3) is 0 Å². The van der Waals surface area contributed by atoms with Crippen LogP contribution in [0.15, 0.2) is 24.5 Å². The van der Waals surface area contributed by atoms with Crippen molar-refractivity contribution in [3.05, 3.63) is 30.1 Å². The van der Waals surface area contributed by atoms with Gasteiger partial charge in [0.05, 0.1) is 12.6 Å². The largest absolute Gasteiger partial charge is 0.383 e. The summed E-state index contributed by atoms with van der Waals surface area (Å²) in [6.45, 7) is 2.11. The van der Waals surface area contributed by atoms with Gasteiger partial charge in [0.15, 0.2) is 0 Å². The molecule has 0 fully saturated rings. The second kappa shape index (κ2) is 6.19. The molecule has 0 aliphatic carbocycles. The van der Waals surface area contributed by atoms with Crippen LogP contribution in [-0.2, 0) is 9.53 Å². The first-order valence-electron chi connectivity index (χ1n) is 5.10. The van der Waals surface area contributed by atoms with E-state index < -0.39 is 6.04 Å². The fraction of sp³-hybridized carbons (Fsp3) is 0.455. The number of carbonyl (C=O) groups is 1. The summed E-state index contributed by atoms with van der Waals surface area (Å²) >= 11 is 0. The number of hydrogen-bond donors (Lipinski definition) is 2. The number of amides is 1. The van der Waals surface area contributed by atoms with Gasteiger partial charge in [-0.2, -0.15) is 0 Å². The normalized spacial score (nSPS) is 14.2. The van der Waals surface area contributed by atoms with E-state index in [1.54, 1.807) is 12.4 Å². The van der Waals surface area contributed by atoms with E-state index in [1.807, 2.05) is 19.1 Å². The van der Waals surface area contributed by atoms with Crippen molar-refractivity contribution < 1.29 is 9.53 Å². The van der Waals surface area contributed by atoms with E-state index in [-0.39, 0.29) is 18.6 Å². The van der Waals surface area contributed by atoms with Gasteiger partial charge in [0, 0.05) is 19.5 Å². The highest BCUT2D eigenvalue weighted by Crippen LogP contribution is 2.09. The Morgan fingerprint density at radius 3 is 2.75 bits per heavy atom. The zero-order chi connectivity index (χ0) is 12.0. The number of rotatable bonds is 5. The van der Waals surface area contributed by atoms with Crippen molar-refractivity contribution in [2.24, 2.45) is 5.73 Å². The first kappa shape index (κ1) is 12.6. The lowest BCUT2D eigenvalue weighted by Gasteiger charge is -2.17. The molecular weight excluding hydrogens is 206 g/mol. The predicted molar refractivity (Wildman–Crippen MR) is 60.6 cm³/mol. The standard InChI is InChI=1S/C11H17N3O2/c1-8(9-3-5-13-6-4-9)14-11(15)10(12)7-16-2/h3-6,8,10H,7,12H2,1-2H3,(H,14,15)/t8-,10?/m1/s1. The van der Waals surface area contributed by atoms with Gasteiger partial charge in [0.1, 0.15) is 6.04 Å². The van der Waals surface area contributed by atoms with Crippen LogP contribution in [-0.4, -0.2) is 30.6 Å². The highest BCUT2D eigenvalue weighted by Gasteiger charge is 2.15. The van der Waals surface area contributed by atoms with E-state index in [9.17, 15) is 4.79 Å². The van der Waals surface area contributed by atoms with E-state index in [1.165, 1.54) is 7.11 Å². The molecule has 0 saturated carbocycles. The van der Waals surface area contributed by atoms with Gasteiger partial charge in [-0.25, -0.2) is 0 Å². The third-order valence-corrected chi connectivity index (χ3v) is 2.25. The van der Waals surface area contributed by atoms with Gasteiger partial charge < -0.3 is 15.8 Å². The van der Waals surface area contributed by atoms with Crippen LogP contribution in [0, 0.1) is 0 Å². The number of pyridine rings is 1. The van der Waals surface area contributed by atoms with Crippen LogP contribution in [0.2, 0.25) is 0 Å². The molecule has 0 bridgehead atoms. The van der Waals surface area contributed by atoms with E-state index >= 15 is 0 Å². The summed E-state index contributed by atoms with van der Waals surface area (Å²) < 4.78 is 4.82. The number of aromatic nitrogens is 1. The number of hydrogen-bond acceptors (Lipinski definition) is 4. The Morgan fingerprint density at radius 2 is 2.19 bits per heavy atom. The highest BCUT2D eigenvalue weighted by atomic mass is 16.5. The molecule has 0 radical (unpaired) electrons. The summed E-state index contributed by atoms with van der Waals surface area (Å²) in [7, 11) is 1.51. The zero-order valence-corrected chi connectivity index (χ0v) is 9.51. The predicted octanol–water partition coefficient (Wildman–Crippen LogP) is 0.233. The molecule has 0 aromatic carbocycles. The summed E-state index contributed by atoms with van der Waals surface area (Å²) in [6, 6.07) is 2.99. The van der Waals surface area contributed by atoms with Gasteiger partial charge >= 0.3 is 0 Å². The summed E-state index contributed by atoms with van der Waals surface area (Å²) in [4.78, 5) is 15.5. The fourth-order valence-electron chi connectivity index (χ4n) is 1.31. The molecule has 1 rings (SSSR count). The van der Waals surface area contributed by atoms with E-state index in [0.29, 0.717) is 0 Å². The Morgan fingerprint density at radius 1 is 1.56 bits per heavy atom. The minimum atomic E-state index is -0.630. The van der Waals surface area contributed by atoms with Gasteiger partial charge in [0.25, 0.3) is 0 Å². The maximum Gasteiger partial charge on any atom is 0.239 e. The molecule has 1 unspecified atom stereocenters. The lowest BCUT2D eigenvalue weighted by atomic mass is 10.1. The molecule has 0 spiro atoms. The number of nitrogens with two attached hydrogens (primary N) is 1. The molecule has 1 aromatic rings. The molecule has 5 heteroatoms. The van der Waals surface area contributed by atoms with Crippen LogP contribution in [0.4, 0.5) is 0 Å². The Hall–Kier alpha value is -1.46. The molecule has 1 amide bonds. The van der Waals surface area contributed by atoms with Crippen molar-refractivity contribution in [1.29, 1.82) is 0 Å². The van der Waals surface area contributed by atoms with Crippen LogP contribution < -0.4 is 11.1 Å². The summed E-state index contributed by atoms with van der Waals surface area (Å²) in [5.41, 5.74) is 6.60. The van der Waals surface area contributed by atoms with Gasteiger partial charge in [-0.3, -0.25) is 9.78 Å². The third kappa shape index (κ3) is 3.60.